The van der Waals surface area contributed by atoms with Crippen molar-refractivity contribution in [2.75, 3.05) is 0 Å². The normalized spacial score (nSPS) is 33.8. The molecular formula is C25H25NO2S2. The molecular weight excluding hydrogens is 410 g/mol. The maximum atomic E-state index is 13.4. The summed E-state index contributed by atoms with van der Waals surface area (Å²) in [6.07, 6.45) is 8.42. The van der Waals surface area contributed by atoms with Gasteiger partial charge in [0.1, 0.15) is 15.8 Å². The van der Waals surface area contributed by atoms with Crippen LogP contribution in [0.1, 0.15) is 43.4 Å². The number of carbonyl (C=O) groups is 1. The molecule has 30 heavy (non-hydrogen) atoms. The van der Waals surface area contributed by atoms with E-state index in [-0.39, 0.29) is 5.91 Å². The van der Waals surface area contributed by atoms with Crippen LogP contribution in [0.4, 0.5) is 0 Å². The zero-order valence-corrected chi connectivity index (χ0v) is 18.7. The lowest BCUT2D eigenvalue weighted by Crippen LogP contribution is -2.57. The standard InChI is InChI=1S/C25H25NO2S2/c1-14-2-4-17(5-3-14)21-7-6-20(28-21)13-22-24(27)26(25(29)30-22)23-18-9-15-8-16(11-18)12-19(23)10-15/h2-7,13,15-16,18-19,23H,8-12H2,1H3. The van der Waals surface area contributed by atoms with E-state index in [1.54, 1.807) is 0 Å². The quantitative estimate of drug-likeness (QED) is 0.420. The summed E-state index contributed by atoms with van der Waals surface area (Å²) in [6, 6.07) is 12.5. The van der Waals surface area contributed by atoms with Gasteiger partial charge in [-0.3, -0.25) is 9.69 Å². The van der Waals surface area contributed by atoms with Crippen LogP contribution in [-0.2, 0) is 4.79 Å². The van der Waals surface area contributed by atoms with E-state index in [2.05, 4.69) is 31.2 Å². The van der Waals surface area contributed by atoms with Gasteiger partial charge in [-0.15, -0.1) is 0 Å². The Bertz CT molecular complexity index is 1020. The van der Waals surface area contributed by atoms with Crippen molar-refractivity contribution >= 4 is 40.3 Å². The summed E-state index contributed by atoms with van der Waals surface area (Å²) < 4.78 is 6.76. The number of thioether (sulfide) groups is 1. The van der Waals surface area contributed by atoms with Gasteiger partial charge >= 0.3 is 0 Å². The van der Waals surface area contributed by atoms with Crippen molar-refractivity contribution < 1.29 is 9.21 Å². The number of nitrogens with zero attached hydrogens (tertiary/aromatic N) is 1. The number of rotatable bonds is 3. The lowest BCUT2D eigenvalue weighted by Gasteiger charge is -2.56. The van der Waals surface area contributed by atoms with Crippen LogP contribution in [0.3, 0.4) is 0 Å². The molecule has 1 saturated heterocycles. The second kappa shape index (κ2) is 7.10. The molecule has 4 aliphatic carbocycles. The largest absolute Gasteiger partial charge is 0.457 e. The first-order chi connectivity index (χ1) is 14.5. The molecule has 5 aliphatic rings. The van der Waals surface area contributed by atoms with Crippen molar-refractivity contribution in [1.29, 1.82) is 0 Å². The highest BCUT2D eigenvalue weighted by molar-refractivity contribution is 8.26. The van der Waals surface area contributed by atoms with Crippen LogP contribution in [-0.4, -0.2) is 21.2 Å². The van der Waals surface area contributed by atoms with Gasteiger partial charge < -0.3 is 4.42 Å². The molecule has 3 nitrogen and oxygen atoms in total. The topological polar surface area (TPSA) is 33.5 Å². The lowest BCUT2D eigenvalue weighted by molar-refractivity contribution is -0.130. The van der Waals surface area contributed by atoms with Gasteiger partial charge in [-0.05, 0) is 74.8 Å². The van der Waals surface area contributed by atoms with Crippen molar-refractivity contribution in [1.82, 2.24) is 4.90 Å². The van der Waals surface area contributed by atoms with Gasteiger partial charge in [-0.25, -0.2) is 0 Å². The number of hydrogen-bond acceptors (Lipinski definition) is 4. The summed E-state index contributed by atoms with van der Waals surface area (Å²) in [4.78, 5) is 16.0. The van der Waals surface area contributed by atoms with Gasteiger partial charge in [0, 0.05) is 17.7 Å². The predicted molar refractivity (Wildman–Crippen MR) is 125 cm³/mol. The van der Waals surface area contributed by atoms with E-state index in [0.717, 1.165) is 27.5 Å². The summed E-state index contributed by atoms with van der Waals surface area (Å²) in [5.74, 6) is 4.66. The third-order valence-electron chi connectivity index (χ3n) is 7.53. The van der Waals surface area contributed by atoms with Crippen molar-refractivity contribution in [3.63, 3.8) is 0 Å². The molecule has 4 saturated carbocycles. The molecule has 0 unspecified atom stereocenters. The maximum absolute atomic E-state index is 13.4. The Morgan fingerprint density at radius 2 is 1.67 bits per heavy atom. The first kappa shape index (κ1) is 18.9. The average molecular weight is 436 g/mol. The summed E-state index contributed by atoms with van der Waals surface area (Å²) in [5.41, 5.74) is 2.26. The number of carbonyl (C=O) groups excluding carboxylic acids is 1. The van der Waals surface area contributed by atoms with Crippen LogP contribution in [0.5, 0.6) is 0 Å². The van der Waals surface area contributed by atoms with Gasteiger partial charge in [-0.1, -0.05) is 53.8 Å². The van der Waals surface area contributed by atoms with Crippen LogP contribution < -0.4 is 0 Å². The summed E-state index contributed by atoms with van der Waals surface area (Å²) in [6.45, 7) is 2.07. The Morgan fingerprint density at radius 1 is 1.00 bits per heavy atom. The zero-order valence-electron chi connectivity index (χ0n) is 17.0. The molecule has 0 N–H and O–H groups in total. The number of furan rings is 1. The molecule has 7 rings (SSSR count). The summed E-state index contributed by atoms with van der Waals surface area (Å²) in [7, 11) is 0. The highest BCUT2D eigenvalue weighted by atomic mass is 32.2. The molecule has 1 aliphatic heterocycles. The fraction of sp³-hybridized carbons (Fsp3) is 0.440. The fourth-order valence-corrected chi connectivity index (χ4v) is 7.81. The third-order valence-corrected chi connectivity index (χ3v) is 8.87. The molecule has 1 aromatic heterocycles. The van der Waals surface area contributed by atoms with E-state index < -0.39 is 0 Å². The molecule has 2 heterocycles. The summed E-state index contributed by atoms with van der Waals surface area (Å²) in [5, 5.41) is 0. The van der Waals surface area contributed by atoms with Crippen molar-refractivity contribution in [2.45, 2.75) is 45.1 Å². The van der Waals surface area contributed by atoms with Crippen LogP contribution in [0.2, 0.25) is 0 Å². The van der Waals surface area contributed by atoms with Crippen molar-refractivity contribution in [3.05, 3.63) is 52.6 Å². The van der Waals surface area contributed by atoms with Crippen LogP contribution >= 0.6 is 24.0 Å². The minimum absolute atomic E-state index is 0.0794. The summed E-state index contributed by atoms with van der Waals surface area (Å²) >= 11 is 7.14. The number of thiocarbonyl (C=S) groups is 1. The van der Waals surface area contributed by atoms with Crippen molar-refractivity contribution in [2.24, 2.45) is 23.7 Å². The number of benzene rings is 1. The average Bonchev–Trinajstić information content (AvgIpc) is 3.28. The van der Waals surface area contributed by atoms with Gasteiger partial charge in [0.05, 0.1) is 4.91 Å². The third kappa shape index (κ3) is 3.09. The highest BCUT2D eigenvalue weighted by Crippen LogP contribution is 2.56. The van der Waals surface area contributed by atoms with E-state index in [0.29, 0.717) is 28.5 Å². The van der Waals surface area contributed by atoms with Gasteiger partial charge in [0.2, 0.25) is 0 Å². The van der Waals surface area contributed by atoms with Crippen LogP contribution in [0.15, 0.2) is 45.7 Å². The Hall–Kier alpha value is -1.85. The highest BCUT2D eigenvalue weighted by Gasteiger charge is 2.53. The first-order valence-corrected chi connectivity index (χ1v) is 12.2. The molecule has 0 atom stereocenters. The second-order valence-electron chi connectivity index (χ2n) is 9.54. The lowest BCUT2D eigenvalue weighted by atomic mass is 9.54. The van der Waals surface area contributed by atoms with E-state index >= 15 is 0 Å². The molecule has 5 heteroatoms. The Kier molecular flexibility index (Phi) is 4.47. The van der Waals surface area contributed by atoms with Gasteiger partial charge in [0.25, 0.3) is 5.91 Å². The second-order valence-corrected chi connectivity index (χ2v) is 11.2. The van der Waals surface area contributed by atoms with E-state index in [4.69, 9.17) is 16.6 Å². The smallest absolute Gasteiger partial charge is 0.266 e. The van der Waals surface area contributed by atoms with Crippen LogP contribution in [0, 0.1) is 30.6 Å². The molecule has 2 aromatic rings. The Labute approximate surface area is 186 Å². The molecule has 154 valence electrons. The SMILES string of the molecule is Cc1ccc(-c2ccc(C=C3SC(=S)N(C4C5CC6CC(C5)CC4C6)C3=O)o2)cc1. The van der Waals surface area contributed by atoms with Gasteiger partial charge in [0.15, 0.2) is 0 Å². The van der Waals surface area contributed by atoms with E-state index in [1.807, 2.05) is 23.1 Å². The Morgan fingerprint density at radius 3 is 2.33 bits per heavy atom. The number of amides is 1. The monoisotopic (exact) mass is 435 g/mol. The maximum Gasteiger partial charge on any atom is 0.266 e. The molecule has 5 fully saturated rings. The number of hydrogen-bond donors (Lipinski definition) is 0. The minimum atomic E-state index is 0.0794. The molecule has 1 amide bonds. The predicted octanol–water partition coefficient (Wildman–Crippen LogP) is 6.28. The Balaban J connectivity index is 1.25. The number of aryl methyl sites for hydroxylation is 1. The first-order valence-electron chi connectivity index (χ1n) is 11.0. The molecule has 4 bridgehead atoms. The zero-order chi connectivity index (χ0) is 20.4. The van der Waals surface area contributed by atoms with Gasteiger partial charge in [-0.2, -0.15) is 0 Å². The van der Waals surface area contributed by atoms with E-state index in [9.17, 15) is 4.79 Å². The van der Waals surface area contributed by atoms with Crippen molar-refractivity contribution in [3.8, 4) is 11.3 Å². The fourth-order valence-electron chi connectivity index (χ4n) is 6.49. The van der Waals surface area contributed by atoms with Crippen LogP contribution in [0.25, 0.3) is 17.4 Å². The minimum Gasteiger partial charge on any atom is -0.457 e. The molecule has 1 aromatic carbocycles. The molecule has 0 spiro atoms. The van der Waals surface area contributed by atoms with E-state index in [1.165, 1.54) is 49.4 Å². The molecule has 0 radical (unpaired) electrons.